The molecule has 0 unspecified atom stereocenters. The van der Waals surface area contributed by atoms with E-state index in [-0.39, 0.29) is 5.75 Å². The third kappa shape index (κ3) is 5.74. The third-order valence-electron chi connectivity index (χ3n) is 4.50. The number of rotatable bonds is 5. The minimum Gasteiger partial charge on any atom is -0.486 e. The molecule has 0 saturated carbocycles. The highest BCUT2D eigenvalue weighted by molar-refractivity contribution is 14.1. The largest absolute Gasteiger partial charge is 0.486 e. The SMILES string of the molecule is O=C(NN=Cc1cc(Br)cc(Br)c1OC(=O)c1ccccc1I)c1ccc2c(c1)OCCO2. The highest BCUT2D eigenvalue weighted by Gasteiger charge is 2.18. The fourth-order valence-electron chi connectivity index (χ4n) is 2.97. The molecule has 1 N–H and O–H groups in total. The van der Waals surface area contributed by atoms with Crippen molar-refractivity contribution in [1.82, 2.24) is 5.43 Å². The maximum Gasteiger partial charge on any atom is 0.344 e. The van der Waals surface area contributed by atoms with Crippen LogP contribution >= 0.6 is 54.5 Å². The summed E-state index contributed by atoms with van der Waals surface area (Å²) in [7, 11) is 0. The van der Waals surface area contributed by atoms with Crippen molar-refractivity contribution in [1.29, 1.82) is 0 Å². The van der Waals surface area contributed by atoms with E-state index in [9.17, 15) is 9.59 Å². The lowest BCUT2D eigenvalue weighted by molar-refractivity contribution is 0.0731. The van der Waals surface area contributed by atoms with Crippen molar-refractivity contribution in [2.45, 2.75) is 0 Å². The maximum absolute atomic E-state index is 12.7. The molecule has 7 nitrogen and oxygen atoms in total. The van der Waals surface area contributed by atoms with Crippen LogP contribution in [0.5, 0.6) is 17.2 Å². The van der Waals surface area contributed by atoms with E-state index in [1.54, 1.807) is 42.5 Å². The smallest absolute Gasteiger partial charge is 0.344 e. The summed E-state index contributed by atoms with van der Waals surface area (Å²) in [6.07, 6.45) is 1.41. The van der Waals surface area contributed by atoms with Crippen LogP contribution in [0.2, 0.25) is 0 Å². The van der Waals surface area contributed by atoms with Crippen LogP contribution in [0.15, 0.2) is 68.6 Å². The molecule has 1 aliphatic rings. The zero-order valence-electron chi connectivity index (χ0n) is 16.8. The summed E-state index contributed by atoms with van der Waals surface area (Å²) >= 11 is 8.92. The Hall–Kier alpha value is -2.44. The van der Waals surface area contributed by atoms with Crippen LogP contribution in [0, 0.1) is 3.57 Å². The Morgan fingerprint density at radius 3 is 2.58 bits per heavy atom. The van der Waals surface area contributed by atoms with Crippen molar-refractivity contribution in [3.05, 3.63) is 83.8 Å². The molecule has 0 atom stereocenters. The van der Waals surface area contributed by atoms with E-state index >= 15 is 0 Å². The first-order valence-electron chi connectivity index (χ1n) is 9.61. The van der Waals surface area contributed by atoms with Gasteiger partial charge in [-0.25, -0.2) is 10.2 Å². The Morgan fingerprint density at radius 1 is 1.03 bits per heavy atom. The minimum atomic E-state index is -0.502. The molecular weight excluding hydrogens is 671 g/mol. The van der Waals surface area contributed by atoms with Crippen LogP contribution in [-0.2, 0) is 0 Å². The molecule has 168 valence electrons. The molecule has 33 heavy (non-hydrogen) atoms. The normalized spacial score (nSPS) is 12.5. The van der Waals surface area contributed by atoms with E-state index in [0.29, 0.717) is 45.9 Å². The number of nitrogens with zero attached hydrogens (tertiary/aromatic N) is 1. The maximum atomic E-state index is 12.7. The van der Waals surface area contributed by atoms with Crippen LogP contribution in [0.3, 0.4) is 0 Å². The number of halogens is 3. The number of nitrogens with one attached hydrogen (secondary N) is 1. The van der Waals surface area contributed by atoms with E-state index < -0.39 is 11.9 Å². The van der Waals surface area contributed by atoms with E-state index in [1.807, 2.05) is 12.1 Å². The van der Waals surface area contributed by atoms with Crippen molar-refractivity contribution >= 4 is 72.5 Å². The summed E-state index contributed by atoms with van der Waals surface area (Å²) in [5.74, 6) is 0.464. The fourth-order valence-corrected chi connectivity index (χ4v) is 4.91. The number of amides is 1. The van der Waals surface area contributed by atoms with Gasteiger partial charge in [-0.2, -0.15) is 5.10 Å². The van der Waals surface area contributed by atoms with Crippen molar-refractivity contribution in [2.24, 2.45) is 5.10 Å². The second-order valence-corrected chi connectivity index (χ2v) is 9.67. The van der Waals surface area contributed by atoms with Crippen molar-refractivity contribution in [3.63, 3.8) is 0 Å². The van der Waals surface area contributed by atoms with Crippen LogP contribution in [0.25, 0.3) is 0 Å². The lowest BCUT2D eigenvalue weighted by Gasteiger charge is -2.18. The molecule has 0 fully saturated rings. The Bertz CT molecular complexity index is 1270. The molecule has 0 aliphatic carbocycles. The molecule has 0 saturated heterocycles. The van der Waals surface area contributed by atoms with Crippen LogP contribution in [-0.4, -0.2) is 31.3 Å². The zero-order chi connectivity index (χ0) is 23.4. The van der Waals surface area contributed by atoms with Gasteiger partial charge in [-0.15, -0.1) is 0 Å². The van der Waals surface area contributed by atoms with Gasteiger partial charge in [0, 0.05) is 19.2 Å². The molecule has 1 aliphatic heterocycles. The average molecular weight is 686 g/mol. The third-order valence-corrected chi connectivity index (χ3v) is 6.49. The van der Waals surface area contributed by atoms with Crippen LogP contribution in [0.1, 0.15) is 26.3 Å². The topological polar surface area (TPSA) is 86.2 Å². The number of esters is 1. The highest BCUT2D eigenvalue weighted by Crippen LogP contribution is 2.33. The predicted octanol–water partition coefficient (Wildman–Crippen LogP) is 5.57. The monoisotopic (exact) mass is 684 g/mol. The molecule has 0 spiro atoms. The molecule has 3 aromatic carbocycles. The number of hydrogen-bond acceptors (Lipinski definition) is 6. The number of fused-ring (bicyclic) bond motifs is 1. The Kier molecular flexibility index (Phi) is 7.66. The van der Waals surface area contributed by atoms with E-state index in [2.05, 4.69) is 65.0 Å². The van der Waals surface area contributed by atoms with Gasteiger partial charge in [-0.1, -0.05) is 28.1 Å². The van der Waals surface area contributed by atoms with Gasteiger partial charge < -0.3 is 14.2 Å². The first kappa shape index (κ1) is 23.7. The Balaban J connectivity index is 1.52. The lowest BCUT2D eigenvalue weighted by atomic mass is 10.2. The second kappa shape index (κ2) is 10.7. The average Bonchev–Trinajstić information content (AvgIpc) is 2.81. The molecular formula is C23H15Br2IN2O5. The number of carbonyl (C=O) groups excluding carboxylic acids is 2. The first-order chi connectivity index (χ1) is 15.9. The lowest BCUT2D eigenvalue weighted by Crippen LogP contribution is -2.19. The van der Waals surface area contributed by atoms with E-state index in [1.165, 1.54) is 6.21 Å². The quantitative estimate of drug-likeness (QED) is 0.125. The van der Waals surface area contributed by atoms with Crippen molar-refractivity contribution in [2.75, 3.05) is 13.2 Å². The van der Waals surface area contributed by atoms with Gasteiger partial charge in [0.2, 0.25) is 0 Å². The zero-order valence-corrected chi connectivity index (χ0v) is 22.1. The van der Waals surface area contributed by atoms with Crippen molar-refractivity contribution < 1.29 is 23.8 Å². The number of hydrogen-bond donors (Lipinski definition) is 1. The second-order valence-electron chi connectivity index (χ2n) is 6.73. The Morgan fingerprint density at radius 2 is 1.79 bits per heavy atom. The van der Waals surface area contributed by atoms with Gasteiger partial charge >= 0.3 is 5.97 Å². The van der Waals surface area contributed by atoms with Crippen LogP contribution < -0.4 is 19.6 Å². The molecule has 4 rings (SSSR count). The molecule has 3 aromatic rings. The number of benzene rings is 3. The first-order valence-corrected chi connectivity index (χ1v) is 12.3. The van der Waals surface area contributed by atoms with Gasteiger partial charge in [0.05, 0.1) is 16.3 Å². The molecule has 0 bridgehead atoms. The molecule has 10 heteroatoms. The molecule has 0 radical (unpaired) electrons. The van der Waals surface area contributed by atoms with Crippen LogP contribution in [0.4, 0.5) is 0 Å². The standard InChI is InChI=1S/C23H15Br2IN2O5/c24-15-9-14(21(17(25)11-15)33-23(30)16-3-1-2-4-18(16)26)12-27-28-22(29)13-5-6-19-20(10-13)32-8-7-31-19/h1-6,9-12H,7-8H2,(H,28,29). The molecule has 0 aromatic heterocycles. The predicted molar refractivity (Wildman–Crippen MR) is 138 cm³/mol. The van der Waals surface area contributed by atoms with Gasteiger partial charge in [-0.05, 0) is 81.0 Å². The van der Waals surface area contributed by atoms with Gasteiger partial charge in [0.25, 0.3) is 5.91 Å². The summed E-state index contributed by atoms with van der Waals surface area (Å²) in [5, 5.41) is 4.04. The van der Waals surface area contributed by atoms with E-state index in [0.717, 1.165) is 8.04 Å². The fraction of sp³-hybridized carbons (Fsp3) is 0.0870. The highest BCUT2D eigenvalue weighted by atomic mass is 127. The number of ether oxygens (including phenoxy) is 3. The number of carbonyl (C=O) groups is 2. The van der Waals surface area contributed by atoms with Gasteiger partial charge in [0.1, 0.15) is 13.2 Å². The summed E-state index contributed by atoms with van der Waals surface area (Å²) in [4.78, 5) is 25.2. The summed E-state index contributed by atoms with van der Waals surface area (Å²) in [6, 6.07) is 15.5. The minimum absolute atomic E-state index is 0.278. The molecule has 1 amide bonds. The van der Waals surface area contributed by atoms with Crippen molar-refractivity contribution in [3.8, 4) is 17.2 Å². The van der Waals surface area contributed by atoms with Gasteiger partial charge in [0.15, 0.2) is 17.2 Å². The van der Waals surface area contributed by atoms with Gasteiger partial charge in [-0.3, -0.25) is 4.79 Å². The molecule has 1 heterocycles. The Labute approximate surface area is 219 Å². The summed E-state index contributed by atoms with van der Waals surface area (Å²) in [6.45, 7) is 0.902. The summed E-state index contributed by atoms with van der Waals surface area (Å²) in [5.41, 5.74) is 3.78. The number of hydrazone groups is 1. The van der Waals surface area contributed by atoms with E-state index in [4.69, 9.17) is 14.2 Å². The summed E-state index contributed by atoms with van der Waals surface area (Å²) < 4.78 is 18.7.